The highest BCUT2D eigenvalue weighted by Crippen LogP contribution is 2.27. The number of para-hydroxylation sites is 2. The summed E-state index contributed by atoms with van der Waals surface area (Å²) in [7, 11) is 0. The van der Waals surface area contributed by atoms with Gasteiger partial charge in [-0.15, -0.1) is 0 Å². The fourth-order valence-electron chi connectivity index (χ4n) is 4.11. The van der Waals surface area contributed by atoms with E-state index >= 15 is 0 Å². The third-order valence-electron chi connectivity index (χ3n) is 5.61. The second-order valence-corrected chi connectivity index (χ2v) is 7.56. The molecule has 0 aliphatic carbocycles. The molecule has 1 fully saturated rings. The minimum atomic E-state index is -0.381. The van der Waals surface area contributed by atoms with Crippen LogP contribution in [0.1, 0.15) is 24.8 Å². The SMILES string of the molecule is O=C(NCCC(=O)N1CCCc2ccccc21)[C@@H]1CC(=O)N(c2ccccc2)C1. The molecule has 2 aliphatic rings. The Balaban J connectivity index is 1.29. The summed E-state index contributed by atoms with van der Waals surface area (Å²) in [5, 5.41) is 2.85. The predicted molar refractivity (Wildman–Crippen MR) is 112 cm³/mol. The first-order valence-electron chi connectivity index (χ1n) is 10.1. The number of nitrogens with one attached hydrogen (secondary N) is 1. The van der Waals surface area contributed by atoms with Crippen LogP contribution in [0.15, 0.2) is 54.6 Å². The molecule has 3 amide bonds. The molecule has 29 heavy (non-hydrogen) atoms. The van der Waals surface area contributed by atoms with E-state index in [1.165, 1.54) is 5.56 Å². The van der Waals surface area contributed by atoms with E-state index in [0.29, 0.717) is 13.1 Å². The van der Waals surface area contributed by atoms with Crippen LogP contribution in [-0.2, 0) is 20.8 Å². The van der Waals surface area contributed by atoms with Crippen molar-refractivity contribution in [1.29, 1.82) is 0 Å². The molecule has 0 radical (unpaired) electrons. The van der Waals surface area contributed by atoms with E-state index in [2.05, 4.69) is 11.4 Å². The molecule has 0 unspecified atom stereocenters. The van der Waals surface area contributed by atoms with E-state index in [1.54, 1.807) is 4.90 Å². The fraction of sp³-hybridized carbons (Fsp3) is 0.348. The van der Waals surface area contributed by atoms with Gasteiger partial charge in [0.25, 0.3) is 0 Å². The quantitative estimate of drug-likeness (QED) is 0.852. The maximum Gasteiger partial charge on any atom is 0.228 e. The monoisotopic (exact) mass is 391 g/mol. The minimum absolute atomic E-state index is 0.0193. The fourth-order valence-corrected chi connectivity index (χ4v) is 4.11. The van der Waals surface area contributed by atoms with Gasteiger partial charge in [0.15, 0.2) is 0 Å². The second-order valence-electron chi connectivity index (χ2n) is 7.56. The number of aryl methyl sites for hydroxylation is 1. The van der Waals surface area contributed by atoms with E-state index in [-0.39, 0.29) is 43.0 Å². The van der Waals surface area contributed by atoms with Crippen molar-refractivity contribution >= 4 is 29.1 Å². The van der Waals surface area contributed by atoms with E-state index in [0.717, 1.165) is 24.2 Å². The summed E-state index contributed by atoms with van der Waals surface area (Å²) in [4.78, 5) is 40.9. The van der Waals surface area contributed by atoms with Gasteiger partial charge in [0.05, 0.1) is 5.92 Å². The first-order chi connectivity index (χ1) is 14.1. The first-order valence-corrected chi connectivity index (χ1v) is 10.1. The zero-order valence-corrected chi connectivity index (χ0v) is 16.3. The molecular formula is C23H25N3O3. The Hall–Kier alpha value is -3.15. The van der Waals surface area contributed by atoms with E-state index in [4.69, 9.17) is 0 Å². The van der Waals surface area contributed by atoms with Gasteiger partial charge in [-0.1, -0.05) is 36.4 Å². The number of hydrogen-bond acceptors (Lipinski definition) is 3. The molecule has 2 aliphatic heterocycles. The lowest BCUT2D eigenvalue weighted by Crippen LogP contribution is -2.39. The Kier molecular flexibility index (Phi) is 5.60. The molecule has 6 heteroatoms. The number of carbonyl (C=O) groups is 3. The summed E-state index contributed by atoms with van der Waals surface area (Å²) in [6, 6.07) is 17.4. The largest absolute Gasteiger partial charge is 0.355 e. The lowest BCUT2D eigenvalue weighted by molar-refractivity contribution is -0.126. The van der Waals surface area contributed by atoms with Crippen molar-refractivity contribution in [3.63, 3.8) is 0 Å². The zero-order valence-electron chi connectivity index (χ0n) is 16.3. The van der Waals surface area contributed by atoms with Crippen LogP contribution in [0.3, 0.4) is 0 Å². The van der Waals surface area contributed by atoms with Crippen molar-refractivity contribution in [2.24, 2.45) is 5.92 Å². The molecule has 1 N–H and O–H groups in total. The van der Waals surface area contributed by atoms with Crippen LogP contribution < -0.4 is 15.1 Å². The normalized spacial score (nSPS) is 18.5. The molecular weight excluding hydrogens is 366 g/mol. The second kappa shape index (κ2) is 8.47. The van der Waals surface area contributed by atoms with Crippen molar-refractivity contribution in [3.8, 4) is 0 Å². The molecule has 1 atom stereocenters. The number of benzene rings is 2. The number of amides is 3. The summed E-state index contributed by atoms with van der Waals surface area (Å²) in [6.07, 6.45) is 2.40. The Morgan fingerprint density at radius 3 is 2.62 bits per heavy atom. The van der Waals surface area contributed by atoms with Crippen molar-refractivity contribution in [2.45, 2.75) is 25.7 Å². The molecule has 4 rings (SSSR count). The number of carbonyl (C=O) groups excluding carboxylic acids is 3. The van der Waals surface area contributed by atoms with Gasteiger partial charge in [-0.05, 0) is 36.6 Å². The van der Waals surface area contributed by atoms with Crippen LogP contribution >= 0.6 is 0 Å². The summed E-state index contributed by atoms with van der Waals surface area (Å²) >= 11 is 0. The highest BCUT2D eigenvalue weighted by atomic mass is 16.2. The van der Waals surface area contributed by atoms with Crippen LogP contribution in [-0.4, -0.2) is 37.4 Å². The molecule has 2 aromatic rings. The summed E-state index contributed by atoms with van der Waals surface area (Å²) < 4.78 is 0. The Labute approximate surface area is 170 Å². The molecule has 0 aromatic heterocycles. The Morgan fingerprint density at radius 1 is 1.03 bits per heavy atom. The summed E-state index contributed by atoms with van der Waals surface area (Å²) in [6.45, 7) is 1.38. The lowest BCUT2D eigenvalue weighted by atomic mass is 10.0. The summed E-state index contributed by atoms with van der Waals surface area (Å²) in [5.41, 5.74) is 2.99. The molecule has 0 spiro atoms. The van der Waals surface area contributed by atoms with Gasteiger partial charge < -0.3 is 15.1 Å². The van der Waals surface area contributed by atoms with Gasteiger partial charge in [0.2, 0.25) is 17.7 Å². The number of anilines is 2. The van der Waals surface area contributed by atoms with Crippen LogP contribution in [0, 0.1) is 5.92 Å². The topological polar surface area (TPSA) is 69.7 Å². The van der Waals surface area contributed by atoms with Gasteiger partial charge in [-0.2, -0.15) is 0 Å². The molecule has 0 saturated carbocycles. The molecule has 1 saturated heterocycles. The Bertz CT molecular complexity index is 913. The van der Waals surface area contributed by atoms with Gasteiger partial charge in [0, 0.05) is 43.9 Å². The van der Waals surface area contributed by atoms with E-state index < -0.39 is 0 Å². The Morgan fingerprint density at radius 2 is 1.79 bits per heavy atom. The van der Waals surface area contributed by atoms with Crippen molar-refractivity contribution in [1.82, 2.24) is 5.32 Å². The zero-order chi connectivity index (χ0) is 20.2. The average molecular weight is 391 g/mol. The van der Waals surface area contributed by atoms with E-state index in [9.17, 15) is 14.4 Å². The third-order valence-corrected chi connectivity index (χ3v) is 5.61. The number of rotatable bonds is 5. The van der Waals surface area contributed by atoms with Gasteiger partial charge >= 0.3 is 0 Å². The number of nitrogens with zero attached hydrogens (tertiary/aromatic N) is 2. The molecule has 2 heterocycles. The first kappa shape index (κ1) is 19.2. The van der Waals surface area contributed by atoms with Crippen molar-refractivity contribution < 1.29 is 14.4 Å². The van der Waals surface area contributed by atoms with Gasteiger partial charge in [0.1, 0.15) is 0 Å². The van der Waals surface area contributed by atoms with Crippen LogP contribution in [0.2, 0.25) is 0 Å². The average Bonchev–Trinajstić information content (AvgIpc) is 3.15. The van der Waals surface area contributed by atoms with Gasteiger partial charge in [-0.25, -0.2) is 0 Å². The molecule has 6 nitrogen and oxygen atoms in total. The maximum atomic E-state index is 12.7. The van der Waals surface area contributed by atoms with Crippen LogP contribution in [0.25, 0.3) is 0 Å². The molecule has 0 bridgehead atoms. The lowest BCUT2D eigenvalue weighted by Gasteiger charge is -2.29. The minimum Gasteiger partial charge on any atom is -0.355 e. The smallest absolute Gasteiger partial charge is 0.228 e. The number of hydrogen-bond donors (Lipinski definition) is 1. The van der Waals surface area contributed by atoms with Gasteiger partial charge in [-0.3, -0.25) is 14.4 Å². The highest BCUT2D eigenvalue weighted by Gasteiger charge is 2.35. The maximum absolute atomic E-state index is 12.7. The van der Waals surface area contributed by atoms with E-state index in [1.807, 2.05) is 53.4 Å². The van der Waals surface area contributed by atoms with Crippen molar-refractivity contribution in [3.05, 3.63) is 60.2 Å². The van der Waals surface area contributed by atoms with Crippen molar-refractivity contribution in [2.75, 3.05) is 29.4 Å². The van der Waals surface area contributed by atoms with Crippen LogP contribution in [0.5, 0.6) is 0 Å². The predicted octanol–water partition coefficient (Wildman–Crippen LogP) is 2.53. The number of fused-ring (bicyclic) bond motifs is 1. The molecule has 2 aromatic carbocycles. The third kappa shape index (κ3) is 4.16. The highest BCUT2D eigenvalue weighted by molar-refractivity contribution is 6.00. The summed E-state index contributed by atoms with van der Waals surface area (Å²) in [5.74, 6) is -0.569. The molecule has 150 valence electrons. The van der Waals surface area contributed by atoms with Crippen LogP contribution in [0.4, 0.5) is 11.4 Å². The standard InChI is InChI=1S/C23H25N3O3/c27-21(25-14-6-8-17-7-4-5-11-20(17)25)12-13-24-23(29)18-15-22(28)26(16-18)19-9-2-1-3-10-19/h1-5,7,9-11,18H,6,8,12-16H2,(H,24,29)/t18-/m1/s1.